The molecule has 0 radical (unpaired) electrons. The van der Waals surface area contributed by atoms with Crippen LogP contribution in [-0.4, -0.2) is 95.5 Å². The van der Waals surface area contributed by atoms with Gasteiger partial charge in [0, 0.05) is 57.6 Å². The van der Waals surface area contributed by atoms with Crippen LogP contribution in [0.3, 0.4) is 0 Å². The number of fused-ring (bicyclic) bond motifs is 3. The molecule has 0 N–H and O–H groups in total. The van der Waals surface area contributed by atoms with Crippen molar-refractivity contribution in [2.75, 3.05) is 75.9 Å². The number of pyridine rings is 1. The first-order chi connectivity index (χ1) is 16.5. The molecule has 10 heteroatoms. The molecule has 0 aromatic carbocycles. The number of piperazine rings is 1. The Labute approximate surface area is 199 Å². The van der Waals surface area contributed by atoms with Gasteiger partial charge < -0.3 is 28.7 Å². The van der Waals surface area contributed by atoms with Gasteiger partial charge in [-0.2, -0.15) is 0 Å². The zero-order valence-electron chi connectivity index (χ0n) is 20.2. The highest BCUT2D eigenvalue weighted by Gasteiger charge is 2.34. The van der Waals surface area contributed by atoms with Gasteiger partial charge in [0.2, 0.25) is 0 Å². The van der Waals surface area contributed by atoms with E-state index in [1.807, 2.05) is 6.20 Å². The van der Waals surface area contributed by atoms with E-state index in [-0.39, 0.29) is 0 Å². The van der Waals surface area contributed by atoms with E-state index in [0.717, 1.165) is 80.0 Å². The molecule has 0 bridgehead atoms. The van der Waals surface area contributed by atoms with Crippen LogP contribution < -0.4 is 9.80 Å². The minimum Gasteiger partial charge on any atom is -0.378 e. The number of rotatable bonds is 3. The summed E-state index contributed by atoms with van der Waals surface area (Å²) in [5.41, 5.74) is 2.14. The summed E-state index contributed by atoms with van der Waals surface area (Å²) in [5.74, 6) is 3.45. The van der Waals surface area contributed by atoms with Gasteiger partial charge >= 0.3 is 0 Å². The zero-order chi connectivity index (χ0) is 23.3. The standard InChI is InChI=1S/C24H32N8O2/c1-24(2)23-26-19-21(31-10-13-33-14-11-31)27-20(28-22(19)32(23)12-15-34-24)17-4-5-18(25-16-17)30-8-6-29(3)7-9-30/h4-5,16H,6-15H2,1-3H3. The summed E-state index contributed by atoms with van der Waals surface area (Å²) in [6, 6.07) is 4.18. The number of hydrogen-bond acceptors (Lipinski definition) is 9. The molecule has 2 fully saturated rings. The molecule has 0 saturated carbocycles. The average Bonchev–Trinajstić information content (AvgIpc) is 3.25. The number of ether oxygens (including phenoxy) is 2. The van der Waals surface area contributed by atoms with Crippen molar-refractivity contribution in [3.05, 3.63) is 24.2 Å². The molecule has 3 aromatic rings. The summed E-state index contributed by atoms with van der Waals surface area (Å²) in [5, 5.41) is 0. The number of likely N-dealkylation sites (N-methyl/N-ethyl adjacent to an activating group) is 1. The summed E-state index contributed by atoms with van der Waals surface area (Å²) in [6.45, 7) is 12.5. The van der Waals surface area contributed by atoms with Crippen molar-refractivity contribution in [3.8, 4) is 11.4 Å². The van der Waals surface area contributed by atoms with Crippen LogP contribution in [0, 0.1) is 0 Å². The van der Waals surface area contributed by atoms with Crippen LogP contribution in [0.4, 0.5) is 11.6 Å². The molecule has 34 heavy (non-hydrogen) atoms. The Hall–Kier alpha value is -2.82. The Kier molecular flexibility index (Phi) is 5.39. The lowest BCUT2D eigenvalue weighted by molar-refractivity contribution is -0.0530. The van der Waals surface area contributed by atoms with E-state index in [1.54, 1.807) is 0 Å². The van der Waals surface area contributed by atoms with E-state index >= 15 is 0 Å². The molecule has 0 aliphatic carbocycles. The first kappa shape index (κ1) is 21.7. The number of anilines is 2. The Bertz CT molecular complexity index is 1180. The third-order valence-corrected chi connectivity index (χ3v) is 7.04. The van der Waals surface area contributed by atoms with Gasteiger partial charge in [0.1, 0.15) is 17.2 Å². The van der Waals surface area contributed by atoms with Crippen molar-refractivity contribution in [1.29, 1.82) is 0 Å². The predicted octanol–water partition coefficient (Wildman–Crippen LogP) is 1.74. The van der Waals surface area contributed by atoms with Crippen molar-refractivity contribution in [2.45, 2.75) is 26.0 Å². The van der Waals surface area contributed by atoms with Crippen LogP contribution in [0.5, 0.6) is 0 Å². The van der Waals surface area contributed by atoms with Crippen LogP contribution >= 0.6 is 0 Å². The van der Waals surface area contributed by atoms with Gasteiger partial charge in [0.05, 0.1) is 19.8 Å². The summed E-state index contributed by atoms with van der Waals surface area (Å²) in [6.07, 6.45) is 1.90. The first-order valence-electron chi connectivity index (χ1n) is 12.1. The van der Waals surface area contributed by atoms with Gasteiger partial charge in [-0.15, -0.1) is 0 Å². The fourth-order valence-corrected chi connectivity index (χ4v) is 4.98. The molecule has 2 saturated heterocycles. The lowest BCUT2D eigenvalue weighted by atomic mass is 10.1. The van der Waals surface area contributed by atoms with Crippen LogP contribution in [0.15, 0.2) is 18.3 Å². The third kappa shape index (κ3) is 3.79. The molecule has 6 heterocycles. The van der Waals surface area contributed by atoms with Gasteiger partial charge in [0.25, 0.3) is 0 Å². The Morgan fingerprint density at radius 3 is 2.38 bits per heavy atom. The van der Waals surface area contributed by atoms with Gasteiger partial charge in [0.15, 0.2) is 22.8 Å². The van der Waals surface area contributed by atoms with Crippen LogP contribution in [-0.2, 0) is 21.6 Å². The van der Waals surface area contributed by atoms with Crippen LogP contribution in [0.2, 0.25) is 0 Å². The normalized spacial score (nSPS) is 21.1. The Morgan fingerprint density at radius 1 is 0.853 bits per heavy atom. The molecular weight excluding hydrogens is 432 g/mol. The maximum Gasteiger partial charge on any atom is 0.166 e. The molecule has 6 rings (SSSR count). The van der Waals surface area contributed by atoms with Crippen molar-refractivity contribution in [1.82, 2.24) is 29.4 Å². The molecule has 180 valence electrons. The van der Waals surface area contributed by atoms with Crippen molar-refractivity contribution < 1.29 is 9.47 Å². The minimum atomic E-state index is -0.465. The van der Waals surface area contributed by atoms with Crippen molar-refractivity contribution >= 4 is 22.8 Å². The molecule has 0 atom stereocenters. The van der Waals surface area contributed by atoms with Gasteiger partial charge in [-0.3, -0.25) is 0 Å². The lowest BCUT2D eigenvalue weighted by Crippen LogP contribution is -2.44. The molecule has 3 aliphatic rings. The smallest absolute Gasteiger partial charge is 0.166 e. The largest absolute Gasteiger partial charge is 0.378 e. The number of morpholine rings is 1. The quantitative estimate of drug-likeness (QED) is 0.575. The summed E-state index contributed by atoms with van der Waals surface area (Å²) >= 11 is 0. The predicted molar refractivity (Wildman–Crippen MR) is 130 cm³/mol. The molecule has 0 spiro atoms. The summed E-state index contributed by atoms with van der Waals surface area (Å²) in [7, 11) is 2.16. The number of nitrogens with zero attached hydrogens (tertiary/aromatic N) is 8. The van der Waals surface area contributed by atoms with Crippen molar-refractivity contribution in [2.24, 2.45) is 0 Å². The maximum absolute atomic E-state index is 6.02. The number of hydrogen-bond donors (Lipinski definition) is 0. The molecule has 0 amide bonds. The number of imidazole rings is 1. The fourth-order valence-electron chi connectivity index (χ4n) is 4.98. The SMILES string of the molecule is CN1CCN(c2ccc(-c3nc(N4CCOCC4)c4nc5n(c4n3)CCOC5(C)C)cn2)CC1. The fraction of sp³-hybridized carbons (Fsp3) is 0.583. The van der Waals surface area contributed by atoms with E-state index in [9.17, 15) is 0 Å². The molecule has 10 nitrogen and oxygen atoms in total. The topological polar surface area (TPSA) is 84.7 Å². The van der Waals surface area contributed by atoms with E-state index < -0.39 is 5.60 Å². The molecular formula is C24H32N8O2. The Morgan fingerprint density at radius 2 is 1.65 bits per heavy atom. The highest BCUT2D eigenvalue weighted by Crippen LogP contribution is 2.35. The second kappa shape index (κ2) is 8.44. The average molecular weight is 465 g/mol. The van der Waals surface area contributed by atoms with Gasteiger partial charge in [-0.05, 0) is 33.0 Å². The highest BCUT2D eigenvalue weighted by atomic mass is 16.5. The first-order valence-corrected chi connectivity index (χ1v) is 12.1. The summed E-state index contributed by atoms with van der Waals surface area (Å²) in [4.78, 5) is 26.7. The van der Waals surface area contributed by atoms with Crippen LogP contribution in [0.1, 0.15) is 19.7 Å². The van der Waals surface area contributed by atoms with Gasteiger partial charge in [-0.1, -0.05) is 0 Å². The molecule has 3 aliphatic heterocycles. The number of aromatic nitrogens is 5. The maximum atomic E-state index is 6.02. The van der Waals surface area contributed by atoms with E-state index in [4.69, 9.17) is 29.4 Å². The zero-order valence-corrected chi connectivity index (χ0v) is 20.2. The monoisotopic (exact) mass is 464 g/mol. The second-order valence-corrected chi connectivity index (χ2v) is 9.78. The van der Waals surface area contributed by atoms with Crippen LogP contribution in [0.25, 0.3) is 22.6 Å². The van der Waals surface area contributed by atoms with E-state index in [1.165, 1.54) is 0 Å². The van der Waals surface area contributed by atoms with Gasteiger partial charge in [-0.25, -0.2) is 19.9 Å². The molecule has 0 unspecified atom stereocenters. The summed E-state index contributed by atoms with van der Waals surface area (Å²) < 4.78 is 13.8. The Balaban J connectivity index is 1.42. The van der Waals surface area contributed by atoms with E-state index in [0.29, 0.717) is 25.6 Å². The lowest BCUT2D eigenvalue weighted by Gasteiger charge is -2.33. The second-order valence-electron chi connectivity index (χ2n) is 9.78. The minimum absolute atomic E-state index is 0.465. The third-order valence-electron chi connectivity index (χ3n) is 7.04. The highest BCUT2D eigenvalue weighted by molar-refractivity contribution is 5.86. The van der Waals surface area contributed by atoms with Crippen molar-refractivity contribution in [3.63, 3.8) is 0 Å². The van der Waals surface area contributed by atoms with E-state index in [2.05, 4.69) is 52.3 Å². The molecule has 3 aromatic heterocycles.